The molecule has 176 valence electrons. The van der Waals surface area contributed by atoms with Crippen molar-refractivity contribution in [1.29, 1.82) is 0 Å². The number of hydrogen-bond donors (Lipinski definition) is 3. The molecule has 1 fully saturated rings. The minimum Gasteiger partial charge on any atom is -0.357 e. The lowest BCUT2D eigenvalue weighted by Gasteiger charge is -2.21. The fraction of sp³-hybridized carbons (Fsp3) is 0.632. The molecule has 7 nitrogen and oxygen atoms in total. The van der Waals surface area contributed by atoms with Crippen molar-refractivity contribution in [2.75, 3.05) is 31.1 Å². The number of pyridine rings is 1. The third kappa shape index (κ3) is 8.87. The Morgan fingerprint density at radius 3 is 2.58 bits per heavy atom. The molecule has 1 aromatic rings. The summed E-state index contributed by atoms with van der Waals surface area (Å²) < 4.78 is 38.4. The minimum atomic E-state index is -4.49. The summed E-state index contributed by atoms with van der Waals surface area (Å²) in [6, 6.07) is 0.873. The second kappa shape index (κ2) is 11.4. The number of anilines is 1. The molecule has 1 saturated heterocycles. The molecule has 0 aliphatic carbocycles. The molecule has 0 bridgehead atoms. The maximum atomic E-state index is 12.8. The van der Waals surface area contributed by atoms with E-state index in [4.69, 9.17) is 11.6 Å². The molecule has 0 spiro atoms. The predicted octanol–water partition coefficient (Wildman–Crippen LogP) is 3.42. The lowest BCUT2D eigenvalue weighted by Crippen LogP contribution is -2.46. The Bertz CT molecular complexity index is 785. The Hall–Kier alpha value is -1.50. The van der Waals surface area contributed by atoms with E-state index in [-0.39, 0.29) is 53.0 Å². The zero-order valence-corrected chi connectivity index (χ0v) is 21.0. The normalized spacial score (nSPS) is 17.2. The van der Waals surface area contributed by atoms with E-state index in [0.717, 1.165) is 18.7 Å². The van der Waals surface area contributed by atoms with Crippen LogP contribution in [0, 0.1) is 0 Å². The Kier molecular flexibility index (Phi) is 10.1. The third-order valence-corrected chi connectivity index (χ3v) is 4.50. The highest BCUT2D eigenvalue weighted by molar-refractivity contribution is 14.0. The van der Waals surface area contributed by atoms with E-state index in [1.54, 1.807) is 0 Å². The number of halogens is 5. The molecule has 0 radical (unpaired) electrons. The van der Waals surface area contributed by atoms with Crippen LogP contribution in [0.25, 0.3) is 0 Å². The maximum Gasteiger partial charge on any atom is 0.417 e. The smallest absolute Gasteiger partial charge is 0.357 e. The molecule has 0 aromatic carbocycles. The van der Waals surface area contributed by atoms with E-state index >= 15 is 0 Å². The maximum absolute atomic E-state index is 12.8. The van der Waals surface area contributed by atoms with E-state index in [1.165, 1.54) is 0 Å². The van der Waals surface area contributed by atoms with Crippen molar-refractivity contribution in [3.63, 3.8) is 0 Å². The lowest BCUT2D eigenvalue weighted by atomic mass is 10.1. The monoisotopic (exact) mass is 576 g/mol. The van der Waals surface area contributed by atoms with Crippen LogP contribution in [0.2, 0.25) is 5.02 Å². The van der Waals surface area contributed by atoms with Crippen molar-refractivity contribution in [2.24, 2.45) is 4.99 Å². The largest absolute Gasteiger partial charge is 0.417 e. The number of carbonyl (C=O) groups is 1. The van der Waals surface area contributed by atoms with Crippen LogP contribution in [0.15, 0.2) is 17.3 Å². The van der Waals surface area contributed by atoms with E-state index in [9.17, 15) is 18.0 Å². The molecule has 1 aromatic heterocycles. The van der Waals surface area contributed by atoms with Crippen LogP contribution in [0.3, 0.4) is 0 Å². The van der Waals surface area contributed by atoms with Crippen molar-refractivity contribution in [3.05, 3.63) is 22.8 Å². The summed E-state index contributed by atoms with van der Waals surface area (Å²) in [7, 11) is 0. The van der Waals surface area contributed by atoms with Gasteiger partial charge in [0.05, 0.1) is 10.6 Å². The van der Waals surface area contributed by atoms with Gasteiger partial charge in [-0.25, -0.2) is 9.98 Å². The number of aliphatic imine (C=N–C) groups is 1. The summed E-state index contributed by atoms with van der Waals surface area (Å²) in [4.78, 5) is 22.1. The van der Waals surface area contributed by atoms with Gasteiger partial charge in [-0.05, 0) is 40.2 Å². The zero-order chi connectivity index (χ0) is 22.5. The number of nitrogens with zero attached hydrogens (tertiary/aromatic N) is 3. The SMILES string of the molecule is CCNC(=NCC(=O)NC(C)(C)C)NC1CCN(c2ncc(C(F)(F)F)cc2Cl)C1.I. The number of hydrogen-bond acceptors (Lipinski definition) is 4. The topological polar surface area (TPSA) is 81.6 Å². The van der Waals surface area contributed by atoms with Gasteiger partial charge in [-0.3, -0.25) is 4.79 Å². The van der Waals surface area contributed by atoms with Crippen LogP contribution in [0.4, 0.5) is 19.0 Å². The van der Waals surface area contributed by atoms with E-state index in [0.29, 0.717) is 31.4 Å². The molecule has 1 amide bonds. The van der Waals surface area contributed by atoms with Gasteiger partial charge in [0.15, 0.2) is 5.96 Å². The van der Waals surface area contributed by atoms with E-state index in [1.807, 2.05) is 32.6 Å². The van der Waals surface area contributed by atoms with Crippen molar-refractivity contribution >= 4 is 53.3 Å². The van der Waals surface area contributed by atoms with Gasteiger partial charge >= 0.3 is 6.18 Å². The van der Waals surface area contributed by atoms with Gasteiger partial charge in [-0.15, -0.1) is 24.0 Å². The number of rotatable bonds is 5. The average molecular weight is 577 g/mol. The zero-order valence-electron chi connectivity index (χ0n) is 17.9. The Morgan fingerprint density at radius 1 is 1.35 bits per heavy atom. The van der Waals surface area contributed by atoms with Crippen LogP contribution in [0.5, 0.6) is 0 Å². The number of nitrogens with one attached hydrogen (secondary N) is 3. The van der Waals surface area contributed by atoms with Crippen LogP contribution in [-0.2, 0) is 11.0 Å². The lowest BCUT2D eigenvalue weighted by molar-refractivity contribution is -0.137. The highest BCUT2D eigenvalue weighted by atomic mass is 127. The second-order valence-electron chi connectivity index (χ2n) is 8.10. The number of amides is 1. The summed E-state index contributed by atoms with van der Waals surface area (Å²) in [6.45, 7) is 9.28. The fourth-order valence-electron chi connectivity index (χ4n) is 3.01. The number of guanidine groups is 1. The molecule has 31 heavy (non-hydrogen) atoms. The molecule has 12 heteroatoms. The van der Waals surface area contributed by atoms with Crippen molar-refractivity contribution in [2.45, 2.75) is 51.9 Å². The van der Waals surface area contributed by atoms with Gasteiger partial charge in [-0.2, -0.15) is 13.2 Å². The summed E-state index contributed by atoms with van der Waals surface area (Å²) in [5.41, 5.74) is -1.21. The third-order valence-electron chi connectivity index (χ3n) is 4.22. The summed E-state index contributed by atoms with van der Waals surface area (Å²) in [6.07, 6.45) is -2.97. The molecular formula is C19H29ClF3IN6O. The molecule has 3 N–H and O–H groups in total. The van der Waals surface area contributed by atoms with Crippen molar-refractivity contribution in [1.82, 2.24) is 20.9 Å². The van der Waals surface area contributed by atoms with Gasteiger partial charge < -0.3 is 20.9 Å². The Labute approximate surface area is 202 Å². The summed E-state index contributed by atoms with van der Waals surface area (Å²) in [5.74, 6) is 0.633. The molecule has 1 atom stereocenters. The molecule has 2 heterocycles. The van der Waals surface area contributed by atoms with Crippen LogP contribution >= 0.6 is 35.6 Å². The summed E-state index contributed by atoms with van der Waals surface area (Å²) in [5, 5.41) is 9.16. The highest BCUT2D eigenvalue weighted by Crippen LogP contribution is 2.34. The van der Waals surface area contributed by atoms with Crippen LogP contribution in [0.1, 0.15) is 39.7 Å². The first-order chi connectivity index (χ1) is 13.9. The molecule has 1 unspecified atom stereocenters. The highest BCUT2D eigenvalue weighted by Gasteiger charge is 2.33. The van der Waals surface area contributed by atoms with E-state index < -0.39 is 11.7 Å². The second-order valence-corrected chi connectivity index (χ2v) is 8.50. The van der Waals surface area contributed by atoms with Gasteiger partial charge in [0.2, 0.25) is 5.91 Å². The van der Waals surface area contributed by atoms with Crippen molar-refractivity contribution in [3.8, 4) is 0 Å². The van der Waals surface area contributed by atoms with E-state index in [2.05, 4.69) is 25.9 Å². The molecule has 2 rings (SSSR count). The molecule has 0 saturated carbocycles. The summed E-state index contributed by atoms with van der Waals surface area (Å²) >= 11 is 6.05. The van der Waals surface area contributed by atoms with Crippen molar-refractivity contribution < 1.29 is 18.0 Å². The van der Waals surface area contributed by atoms with Gasteiger partial charge in [0.25, 0.3) is 0 Å². The Balaban J connectivity index is 0.00000480. The van der Waals surface area contributed by atoms with Crippen LogP contribution < -0.4 is 20.9 Å². The Morgan fingerprint density at radius 2 is 2.03 bits per heavy atom. The molecule has 1 aliphatic rings. The first-order valence-electron chi connectivity index (χ1n) is 9.72. The quantitative estimate of drug-likeness (QED) is 0.284. The van der Waals surface area contributed by atoms with Gasteiger partial charge in [0, 0.05) is 37.4 Å². The van der Waals surface area contributed by atoms with Gasteiger partial charge in [-0.1, -0.05) is 11.6 Å². The number of carbonyl (C=O) groups excluding carboxylic acids is 1. The minimum absolute atomic E-state index is 0. The number of alkyl halides is 3. The standard InChI is InChI=1S/C19H28ClF3N6O.HI/c1-5-24-17(26-10-15(30)28-18(2,3)4)27-13-6-7-29(11-13)16-14(20)8-12(9-25-16)19(21,22)23;/h8-9,13H,5-7,10-11H2,1-4H3,(H,28,30)(H2,24,26,27);1H. The predicted molar refractivity (Wildman–Crippen MR) is 127 cm³/mol. The molecule has 1 aliphatic heterocycles. The average Bonchev–Trinajstić information content (AvgIpc) is 3.05. The van der Waals surface area contributed by atoms with Gasteiger partial charge in [0.1, 0.15) is 12.4 Å². The first kappa shape index (κ1) is 27.5. The molecular weight excluding hydrogens is 548 g/mol. The van der Waals surface area contributed by atoms with Crippen LogP contribution in [-0.4, -0.2) is 54.6 Å². The first-order valence-corrected chi connectivity index (χ1v) is 10.1. The number of aromatic nitrogens is 1. The fourth-order valence-corrected chi connectivity index (χ4v) is 3.30.